The Morgan fingerprint density at radius 1 is 1.05 bits per heavy atom. The maximum atomic E-state index is 11.4. The number of fused-ring (bicyclic) bond motifs is 1. The lowest BCUT2D eigenvalue weighted by Gasteiger charge is -2.06. The van der Waals surface area contributed by atoms with E-state index in [0.29, 0.717) is 13.0 Å². The van der Waals surface area contributed by atoms with Gasteiger partial charge in [0.2, 0.25) is 6.79 Å². The van der Waals surface area contributed by atoms with Gasteiger partial charge in [0.15, 0.2) is 11.5 Å². The van der Waals surface area contributed by atoms with Crippen LogP contribution in [0.1, 0.15) is 12.5 Å². The predicted molar refractivity (Wildman–Crippen MR) is 78.3 cm³/mol. The standard InChI is InChI=1S/C17H16O4/c1-2-19-17(18)9-12-3-5-13(6-4-12)14-7-8-15-16(10-14)21-11-20-15/h3-8,10H,2,9,11H2,1H3. The van der Waals surface area contributed by atoms with Crippen LogP contribution in [0.5, 0.6) is 11.5 Å². The molecule has 21 heavy (non-hydrogen) atoms. The molecule has 0 atom stereocenters. The third kappa shape index (κ3) is 2.99. The number of carbonyl (C=O) groups is 1. The molecule has 0 aliphatic carbocycles. The Hall–Kier alpha value is -2.49. The first-order valence-corrected chi connectivity index (χ1v) is 6.91. The van der Waals surface area contributed by atoms with Crippen molar-refractivity contribution in [2.45, 2.75) is 13.3 Å². The maximum Gasteiger partial charge on any atom is 0.310 e. The van der Waals surface area contributed by atoms with Crippen molar-refractivity contribution < 1.29 is 19.0 Å². The van der Waals surface area contributed by atoms with Crippen molar-refractivity contribution in [1.82, 2.24) is 0 Å². The molecule has 0 aromatic heterocycles. The number of hydrogen-bond donors (Lipinski definition) is 0. The summed E-state index contributed by atoms with van der Waals surface area (Å²) in [6, 6.07) is 13.7. The summed E-state index contributed by atoms with van der Waals surface area (Å²) >= 11 is 0. The van der Waals surface area contributed by atoms with E-state index in [-0.39, 0.29) is 12.8 Å². The highest BCUT2D eigenvalue weighted by Crippen LogP contribution is 2.35. The molecule has 0 spiro atoms. The minimum atomic E-state index is -0.201. The topological polar surface area (TPSA) is 44.8 Å². The summed E-state index contributed by atoms with van der Waals surface area (Å²) in [6.07, 6.45) is 0.301. The Labute approximate surface area is 123 Å². The van der Waals surface area contributed by atoms with Gasteiger partial charge in [-0.2, -0.15) is 0 Å². The number of hydrogen-bond acceptors (Lipinski definition) is 4. The van der Waals surface area contributed by atoms with Crippen LogP contribution in [0.4, 0.5) is 0 Å². The maximum absolute atomic E-state index is 11.4. The Morgan fingerprint density at radius 2 is 1.76 bits per heavy atom. The smallest absolute Gasteiger partial charge is 0.310 e. The van der Waals surface area contributed by atoms with Crippen LogP contribution in [0.15, 0.2) is 42.5 Å². The molecule has 0 saturated heterocycles. The van der Waals surface area contributed by atoms with Gasteiger partial charge in [0, 0.05) is 0 Å². The monoisotopic (exact) mass is 284 g/mol. The van der Waals surface area contributed by atoms with Crippen LogP contribution in [-0.4, -0.2) is 19.4 Å². The van der Waals surface area contributed by atoms with Gasteiger partial charge >= 0.3 is 5.97 Å². The first kappa shape index (κ1) is 13.5. The largest absolute Gasteiger partial charge is 0.466 e. The van der Waals surface area contributed by atoms with E-state index < -0.39 is 0 Å². The SMILES string of the molecule is CCOC(=O)Cc1ccc(-c2ccc3c(c2)OCO3)cc1. The molecular weight excluding hydrogens is 268 g/mol. The molecule has 0 unspecified atom stereocenters. The first-order valence-electron chi connectivity index (χ1n) is 6.91. The lowest BCUT2D eigenvalue weighted by Crippen LogP contribution is -2.07. The van der Waals surface area contributed by atoms with E-state index in [1.54, 1.807) is 6.92 Å². The third-order valence-corrected chi connectivity index (χ3v) is 3.31. The highest BCUT2D eigenvalue weighted by atomic mass is 16.7. The van der Waals surface area contributed by atoms with E-state index in [9.17, 15) is 4.79 Å². The molecule has 4 nitrogen and oxygen atoms in total. The quantitative estimate of drug-likeness (QED) is 0.809. The molecule has 3 rings (SSSR count). The van der Waals surface area contributed by atoms with Gasteiger partial charge in [-0.05, 0) is 35.7 Å². The van der Waals surface area contributed by atoms with Crippen molar-refractivity contribution in [1.29, 1.82) is 0 Å². The van der Waals surface area contributed by atoms with Crippen LogP contribution in [0.25, 0.3) is 11.1 Å². The number of carbonyl (C=O) groups excluding carboxylic acids is 1. The zero-order valence-corrected chi connectivity index (χ0v) is 11.8. The van der Waals surface area contributed by atoms with Gasteiger partial charge in [0.25, 0.3) is 0 Å². The second-order valence-electron chi connectivity index (χ2n) is 4.75. The van der Waals surface area contributed by atoms with Gasteiger partial charge < -0.3 is 14.2 Å². The van der Waals surface area contributed by atoms with Crippen LogP contribution in [0, 0.1) is 0 Å². The zero-order chi connectivity index (χ0) is 14.7. The molecule has 4 heteroatoms. The van der Waals surface area contributed by atoms with Crippen molar-refractivity contribution in [3.63, 3.8) is 0 Å². The molecule has 0 fully saturated rings. The summed E-state index contributed by atoms with van der Waals surface area (Å²) in [7, 11) is 0. The van der Waals surface area contributed by atoms with Crippen LogP contribution in [0.2, 0.25) is 0 Å². The van der Waals surface area contributed by atoms with Crippen molar-refractivity contribution >= 4 is 5.97 Å². The van der Waals surface area contributed by atoms with E-state index in [1.165, 1.54) is 0 Å². The second kappa shape index (κ2) is 5.87. The van der Waals surface area contributed by atoms with E-state index in [4.69, 9.17) is 14.2 Å². The van der Waals surface area contributed by atoms with Gasteiger partial charge in [-0.25, -0.2) is 0 Å². The number of esters is 1. The van der Waals surface area contributed by atoms with Crippen molar-refractivity contribution in [3.05, 3.63) is 48.0 Å². The van der Waals surface area contributed by atoms with Crippen molar-refractivity contribution in [3.8, 4) is 22.6 Å². The molecular formula is C17H16O4. The minimum Gasteiger partial charge on any atom is -0.466 e. The predicted octanol–water partition coefficient (Wildman–Crippen LogP) is 3.19. The fourth-order valence-corrected chi connectivity index (χ4v) is 2.27. The Bertz CT molecular complexity index is 646. The number of benzene rings is 2. The molecule has 0 radical (unpaired) electrons. The summed E-state index contributed by atoms with van der Waals surface area (Å²) in [4.78, 5) is 11.4. The first-order chi connectivity index (χ1) is 10.3. The van der Waals surface area contributed by atoms with Gasteiger partial charge in [0.1, 0.15) is 0 Å². The Balaban J connectivity index is 1.76. The average Bonchev–Trinajstić information content (AvgIpc) is 2.95. The molecule has 1 aliphatic heterocycles. The number of ether oxygens (including phenoxy) is 3. The van der Waals surface area contributed by atoms with E-state index in [1.807, 2.05) is 42.5 Å². The van der Waals surface area contributed by atoms with E-state index in [2.05, 4.69) is 0 Å². The van der Waals surface area contributed by atoms with Gasteiger partial charge in [-0.1, -0.05) is 30.3 Å². The summed E-state index contributed by atoms with van der Waals surface area (Å²) < 4.78 is 15.6. The summed E-state index contributed by atoms with van der Waals surface area (Å²) in [5.41, 5.74) is 3.07. The molecule has 0 N–H and O–H groups in total. The molecule has 1 aliphatic rings. The molecule has 108 valence electrons. The van der Waals surface area contributed by atoms with Crippen LogP contribution < -0.4 is 9.47 Å². The zero-order valence-electron chi connectivity index (χ0n) is 11.8. The Morgan fingerprint density at radius 3 is 2.52 bits per heavy atom. The normalized spacial score (nSPS) is 12.2. The highest BCUT2D eigenvalue weighted by molar-refractivity contribution is 5.73. The van der Waals surface area contributed by atoms with Gasteiger partial charge in [-0.3, -0.25) is 4.79 Å². The molecule has 0 saturated carbocycles. The summed E-state index contributed by atoms with van der Waals surface area (Å²) in [6.45, 7) is 2.49. The molecule has 2 aromatic carbocycles. The van der Waals surface area contributed by atoms with Gasteiger partial charge in [-0.15, -0.1) is 0 Å². The van der Waals surface area contributed by atoms with Crippen LogP contribution in [0.3, 0.4) is 0 Å². The minimum absolute atomic E-state index is 0.201. The number of rotatable bonds is 4. The fraction of sp³-hybridized carbons (Fsp3) is 0.235. The van der Waals surface area contributed by atoms with Crippen molar-refractivity contribution in [2.24, 2.45) is 0 Å². The second-order valence-corrected chi connectivity index (χ2v) is 4.75. The molecule has 1 heterocycles. The molecule has 2 aromatic rings. The lowest BCUT2D eigenvalue weighted by molar-refractivity contribution is -0.142. The Kier molecular flexibility index (Phi) is 3.77. The highest BCUT2D eigenvalue weighted by Gasteiger charge is 2.13. The van der Waals surface area contributed by atoms with Crippen molar-refractivity contribution in [2.75, 3.05) is 13.4 Å². The summed E-state index contributed by atoms with van der Waals surface area (Å²) in [5.74, 6) is 1.34. The van der Waals surface area contributed by atoms with Crippen LogP contribution in [-0.2, 0) is 16.0 Å². The summed E-state index contributed by atoms with van der Waals surface area (Å²) in [5, 5.41) is 0. The van der Waals surface area contributed by atoms with Gasteiger partial charge in [0.05, 0.1) is 13.0 Å². The lowest BCUT2D eigenvalue weighted by atomic mass is 10.0. The van der Waals surface area contributed by atoms with Crippen LogP contribution >= 0.6 is 0 Å². The fourth-order valence-electron chi connectivity index (χ4n) is 2.27. The van der Waals surface area contributed by atoms with E-state index in [0.717, 1.165) is 28.2 Å². The third-order valence-electron chi connectivity index (χ3n) is 3.31. The van der Waals surface area contributed by atoms with E-state index >= 15 is 0 Å². The molecule has 0 amide bonds. The molecule has 0 bridgehead atoms. The average molecular weight is 284 g/mol.